The molecule has 0 atom stereocenters. The van der Waals surface area contributed by atoms with Crippen molar-refractivity contribution < 1.29 is 9.18 Å². The number of nitrogens with zero attached hydrogens (tertiary/aromatic N) is 2. The highest BCUT2D eigenvalue weighted by Gasteiger charge is 2.18. The van der Waals surface area contributed by atoms with Crippen LogP contribution in [-0.2, 0) is 6.54 Å². The minimum atomic E-state index is -0.503. The number of hydrazine groups is 1. The van der Waals surface area contributed by atoms with Gasteiger partial charge >= 0.3 is 0 Å². The molecule has 0 aliphatic rings. The second-order valence-corrected chi connectivity index (χ2v) is 7.40. The lowest BCUT2D eigenvalue weighted by atomic mass is 10.2. The number of halogens is 2. The van der Waals surface area contributed by atoms with Crippen molar-refractivity contribution >= 4 is 55.8 Å². The van der Waals surface area contributed by atoms with Crippen molar-refractivity contribution in [3.05, 3.63) is 68.5 Å². The summed E-state index contributed by atoms with van der Waals surface area (Å²) in [5, 5.41) is 1.35. The van der Waals surface area contributed by atoms with E-state index in [2.05, 4.69) is 15.8 Å². The second kappa shape index (κ2) is 7.21. The van der Waals surface area contributed by atoms with Gasteiger partial charge in [0.05, 0.1) is 15.9 Å². The van der Waals surface area contributed by atoms with Gasteiger partial charge < -0.3 is 0 Å². The minimum absolute atomic E-state index is 0.208. The lowest BCUT2D eigenvalue weighted by Gasteiger charge is -2.13. The van der Waals surface area contributed by atoms with E-state index in [0.717, 1.165) is 11.3 Å². The van der Waals surface area contributed by atoms with E-state index in [1.807, 2.05) is 6.92 Å². The maximum Gasteiger partial charge on any atom is 0.281 e. The topological polar surface area (TPSA) is 76.0 Å². The van der Waals surface area contributed by atoms with E-state index in [9.17, 15) is 14.0 Å². The molecule has 2 heterocycles. The largest absolute Gasteiger partial charge is 0.281 e. The Hall–Kier alpha value is -2.97. The summed E-state index contributed by atoms with van der Waals surface area (Å²) >= 11 is 7.36. The fraction of sp³-hybridized carbons (Fsp3) is 0.105. The zero-order valence-corrected chi connectivity index (χ0v) is 16.2. The molecular formula is C19H14ClFN4O2S. The summed E-state index contributed by atoms with van der Waals surface area (Å²) in [6.45, 7) is 2.18. The van der Waals surface area contributed by atoms with Gasteiger partial charge in [0.15, 0.2) is 0 Å². The van der Waals surface area contributed by atoms with Gasteiger partial charge in [-0.25, -0.2) is 9.37 Å². The van der Waals surface area contributed by atoms with Crippen LogP contribution in [0.1, 0.15) is 16.6 Å². The van der Waals surface area contributed by atoms with Gasteiger partial charge in [-0.15, -0.1) is 11.3 Å². The van der Waals surface area contributed by atoms with Crippen LogP contribution in [0.25, 0.3) is 21.0 Å². The molecule has 0 aliphatic heterocycles. The predicted octanol–water partition coefficient (Wildman–Crippen LogP) is 4.18. The van der Waals surface area contributed by atoms with Crippen molar-refractivity contribution in [2.75, 3.05) is 5.43 Å². The molecule has 2 aromatic heterocycles. The summed E-state index contributed by atoms with van der Waals surface area (Å²) in [5.74, 6) is -0.692. The summed E-state index contributed by atoms with van der Waals surface area (Å²) < 4.78 is 15.4. The Morgan fingerprint density at radius 2 is 2.04 bits per heavy atom. The number of benzene rings is 2. The molecule has 0 aliphatic carbocycles. The lowest BCUT2D eigenvalue weighted by Crippen LogP contribution is -2.34. The summed E-state index contributed by atoms with van der Waals surface area (Å²) in [4.78, 5) is 29.8. The summed E-state index contributed by atoms with van der Waals surface area (Å²) in [6.07, 6.45) is 0. The van der Waals surface area contributed by atoms with Crippen molar-refractivity contribution in [2.24, 2.45) is 0 Å². The number of carbonyl (C=O) groups excluding carboxylic acids is 1. The molecule has 2 aromatic carbocycles. The van der Waals surface area contributed by atoms with E-state index in [-0.39, 0.29) is 21.4 Å². The van der Waals surface area contributed by atoms with Gasteiger partial charge in [0, 0.05) is 16.6 Å². The fourth-order valence-corrected chi connectivity index (χ4v) is 4.35. The molecule has 1 amide bonds. The fourth-order valence-electron chi connectivity index (χ4n) is 2.91. The van der Waals surface area contributed by atoms with E-state index in [1.54, 1.807) is 24.3 Å². The number of fused-ring (bicyclic) bond motifs is 2. The predicted molar refractivity (Wildman–Crippen MR) is 110 cm³/mol. The Kier molecular flexibility index (Phi) is 4.74. The highest BCUT2D eigenvalue weighted by atomic mass is 35.5. The minimum Gasteiger partial charge on any atom is -0.277 e. The Labute approximate surface area is 167 Å². The molecular weight excluding hydrogens is 403 g/mol. The maximum absolute atomic E-state index is 13.4. The highest BCUT2D eigenvalue weighted by molar-refractivity contribution is 7.21. The molecule has 9 heteroatoms. The number of thiophene rings is 1. The molecule has 0 saturated carbocycles. The Bertz CT molecular complexity index is 1280. The molecule has 0 radical (unpaired) electrons. The van der Waals surface area contributed by atoms with Crippen LogP contribution in [0.3, 0.4) is 0 Å². The second-order valence-electron chi connectivity index (χ2n) is 5.97. The first-order valence-corrected chi connectivity index (χ1v) is 9.62. The van der Waals surface area contributed by atoms with Crippen molar-refractivity contribution in [3.63, 3.8) is 0 Å². The highest BCUT2D eigenvalue weighted by Crippen LogP contribution is 2.35. The Morgan fingerprint density at radius 1 is 1.25 bits per heavy atom. The molecule has 0 spiro atoms. The quantitative estimate of drug-likeness (QED) is 0.489. The number of hydrogen-bond acceptors (Lipinski definition) is 5. The van der Waals surface area contributed by atoms with Crippen LogP contribution in [0.2, 0.25) is 5.02 Å². The first kappa shape index (κ1) is 18.4. The standard InChI is InChI=1S/C19H14ClFN4O2S/c1-2-25-18(27)11-5-3-4-6-13(11)22-19(25)24-23-17(26)16-15(20)12-8-7-10(21)9-14(12)28-16/h3-9H,2H2,1H3,(H,22,24)(H,23,26). The number of carbonyl (C=O) groups is 1. The van der Waals surface area contributed by atoms with E-state index in [0.29, 0.717) is 27.5 Å². The van der Waals surface area contributed by atoms with Gasteiger partial charge in [0.25, 0.3) is 11.5 Å². The molecule has 0 fully saturated rings. The average Bonchev–Trinajstić information content (AvgIpc) is 3.02. The molecule has 4 rings (SSSR count). The van der Waals surface area contributed by atoms with Crippen molar-refractivity contribution in [1.29, 1.82) is 0 Å². The number of anilines is 1. The Balaban J connectivity index is 1.65. The van der Waals surface area contributed by atoms with Gasteiger partial charge in [-0.05, 0) is 37.3 Å². The molecule has 0 saturated heterocycles. The van der Waals surface area contributed by atoms with Gasteiger partial charge in [-0.1, -0.05) is 23.7 Å². The molecule has 4 aromatic rings. The normalized spacial score (nSPS) is 11.1. The Morgan fingerprint density at radius 3 is 2.82 bits per heavy atom. The zero-order valence-electron chi connectivity index (χ0n) is 14.6. The molecule has 0 bridgehead atoms. The van der Waals surface area contributed by atoms with Gasteiger partial charge in [0.1, 0.15) is 10.7 Å². The van der Waals surface area contributed by atoms with E-state index < -0.39 is 11.7 Å². The summed E-state index contributed by atoms with van der Waals surface area (Å²) in [7, 11) is 0. The third kappa shape index (κ3) is 3.10. The summed E-state index contributed by atoms with van der Waals surface area (Å²) in [5.41, 5.74) is 5.53. The van der Waals surface area contributed by atoms with Crippen molar-refractivity contribution in [2.45, 2.75) is 13.5 Å². The molecule has 2 N–H and O–H groups in total. The summed E-state index contributed by atoms with van der Waals surface area (Å²) in [6, 6.07) is 11.1. The monoisotopic (exact) mass is 416 g/mol. The lowest BCUT2D eigenvalue weighted by molar-refractivity contribution is 0.0966. The van der Waals surface area contributed by atoms with Crippen LogP contribution in [0.15, 0.2) is 47.3 Å². The number of rotatable bonds is 4. The number of aromatic nitrogens is 2. The zero-order chi connectivity index (χ0) is 19.8. The number of amides is 1. The first-order valence-electron chi connectivity index (χ1n) is 8.43. The van der Waals surface area contributed by atoms with Crippen LogP contribution in [-0.4, -0.2) is 15.5 Å². The van der Waals surface area contributed by atoms with Gasteiger partial charge in [-0.3, -0.25) is 25.0 Å². The van der Waals surface area contributed by atoms with Crippen LogP contribution in [0.4, 0.5) is 10.3 Å². The molecule has 142 valence electrons. The van der Waals surface area contributed by atoms with Crippen molar-refractivity contribution in [1.82, 2.24) is 15.0 Å². The van der Waals surface area contributed by atoms with E-state index in [1.165, 1.54) is 22.8 Å². The average molecular weight is 417 g/mol. The number of hydrogen-bond donors (Lipinski definition) is 2. The molecule has 28 heavy (non-hydrogen) atoms. The van der Waals surface area contributed by atoms with E-state index >= 15 is 0 Å². The van der Waals surface area contributed by atoms with Crippen LogP contribution >= 0.6 is 22.9 Å². The van der Waals surface area contributed by atoms with Gasteiger partial charge in [0.2, 0.25) is 5.95 Å². The van der Waals surface area contributed by atoms with E-state index in [4.69, 9.17) is 11.6 Å². The van der Waals surface area contributed by atoms with Gasteiger partial charge in [-0.2, -0.15) is 0 Å². The maximum atomic E-state index is 13.4. The van der Waals surface area contributed by atoms with Crippen LogP contribution in [0, 0.1) is 5.82 Å². The third-order valence-corrected chi connectivity index (χ3v) is 5.92. The first-order chi connectivity index (χ1) is 13.5. The third-order valence-electron chi connectivity index (χ3n) is 4.26. The SMILES string of the molecule is CCn1c(NNC(=O)c2sc3cc(F)ccc3c2Cl)nc2ccccc2c1=O. The number of nitrogens with one attached hydrogen (secondary N) is 2. The van der Waals surface area contributed by atoms with Crippen LogP contribution < -0.4 is 16.4 Å². The van der Waals surface area contributed by atoms with Crippen molar-refractivity contribution in [3.8, 4) is 0 Å². The smallest absolute Gasteiger partial charge is 0.277 e. The number of para-hydroxylation sites is 1. The van der Waals surface area contributed by atoms with Crippen LogP contribution in [0.5, 0.6) is 0 Å². The molecule has 6 nitrogen and oxygen atoms in total. The molecule has 0 unspecified atom stereocenters.